The quantitative estimate of drug-likeness (QED) is 0.445. The van der Waals surface area contributed by atoms with E-state index in [-0.39, 0.29) is 0 Å². The molecule has 3 heterocycles. The summed E-state index contributed by atoms with van der Waals surface area (Å²) >= 11 is 0. The molecule has 0 spiro atoms. The molecule has 7 nitrogen and oxygen atoms in total. The van der Waals surface area contributed by atoms with Crippen LogP contribution in [0, 0.1) is 13.8 Å². The van der Waals surface area contributed by atoms with Crippen LogP contribution in [-0.4, -0.2) is 38.4 Å². The minimum absolute atomic E-state index is 0.508. The fraction of sp³-hybridized carbons (Fsp3) is 0.625. The molecule has 0 unspecified atom stereocenters. The van der Waals surface area contributed by atoms with Crippen LogP contribution in [0.4, 0.5) is 5.82 Å². The summed E-state index contributed by atoms with van der Waals surface area (Å²) in [5.41, 5.74) is 5.65. The number of hydrogen-bond acceptors (Lipinski definition) is 5. The Balaban J connectivity index is 1.32. The van der Waals surface area contributed by atoms with Crippen LogP contribution < -0.4 is 10.6 Å². The molecule has 170 valence electrons. The van der Waals surface area contributed by atoms with Gasteiger partial charge in [-0.15, -0.1) is 0 Å². The van der Waals surface area contributed by atoms with Crippen molar-refractivity contribution in [3.05, 3.63) is 40.3 Å². The van der Waals surface area contributed by atoms with Gasteiger partial charge in [0.2, 0.25) is 0 Å². The zero-order chi connectivity index (χ0) is 22.2. The van der Waals surface area contributed by atoms with Gasteiger partial charge in [0.25, 0.3) is 0 Å². The molecule has 31 heavy (non-hydrogen) atoms. The molecule has 0 saturated heterocycles. The molecular weight excluding hydrogens is 390 g/mol. The van der Waals surface area contributed by atoms with Crippen molar-refractivity contribution in [3.8, 4) is 0 Å². The van der Waals surface area contributed by atoms with Crippen molar-refractivity contribution in [1.29, 1.82) is 0 Å². The average molecular weight is 428 g/mol. The number of anilines is 1. The summed E-state index contributed by atoms with van der Waals surface area (Å²) in [5, 5.41) is 20.6. The first-order valence-electron chi connectivity index (χ1n) is 11.6. The largest absolute Gasteiger partial charge is 0.480 e. The summed E-state index contributed by atoms with van der Waals surface area (Å²) in [5.74, 6) is 0.305. The number of hydrogen-bond donors (Lipinski definition) is 3. The number of nitrogens with zero attached hydrogens (tertiary/aromatic N) is 3. The summed E-state index contributed by atoms with van der Waals surface area (Å²) in [4.78, 5) is 16.4. The van der Waals surface area contributed by atoms with Gasteiger partial charge < -0.3 is 15.7 Å². The van der Waals surface area contributed by atoms with Crippen LogP contribution in [0.5, 0.6) is 0 Å². The van der Waals surface area contributed by atoms with Gasteiger partial charge in [-0.25, -0.2) is 4.98 Å². The van der Waals surface area contributed by atoms with Crippen molar-refractivity contribution in [1.82, 2.24) is 20.1 Å². The number of aryl methyl sites for hydroxylation is 4. The Morgan fingerprint density at radius 1 is 1.23 bits per heavy atom. The number of fused-ring (bicyclic) bond motifs is 1. The highest BCUT2D eigenvalue weighted by Gasteiger charge is 2.18. The minimum Gasteiger partial charge on any atom is -0.480 e. The molecule has 1 aliphatic rings. The summed E-state index contributed by atoms with van der Waals surface area (Å²) in [6, 6.07) is 3.88. The van der Waals surface area contributed by atoms with Gasteiger partial charge in [0.15, 0.2) is 0 Å². The van der Waals surface area contributed by atoms with E-state index in [1.807, 2.05) is 25.6 Å². The summed E-state index contributed by atoms with van der Waals surface area (Å²) in [6.45, 7) is 5.56. The molecule has 0 bridgehead atoms. The Morgan fingerprint density at radius 3 is 2.74 bits per heavy atom. The lowest BCUT2D eigenvalue weighted by molar-refractivity contribution is -0.139. The normalized spacial score (nSPS) is 14.2. The highest BCUT2D eigenvalue weighted by molar-refractivity contribution is 5.73. The molecule has 3 rings (SSSR count). The lowest BCUT2D eigenvalue weighted by atomic mass is 10.0. The van der Waals surface area contributed by atoms with E-state index in [9.17, 15) is 9.90 Å². The second kappa shape index (κ2) is 11.3. The van der Waals surface area contributed by atoms with Crippen LogP contribution in [0.1, 0.15) is 73.2 Å². The van der Waals surface area contributed by atoms with E-state index >= 15 is 0 Å². The molecule has 1 atom stereocenters. The number of unbranched alkanes of at least 4 members (excludes halogenated alkanes) is 4. The number of pyridine rings is 1. The average Bonchev–Trinajstić information content (AvgIpc) is 3.00. The number of carboxylic acids is 1. The lowest BCUT2D eigenvalue weighted by Gasteiger charge is -2.17. The number of carboxylic acid groups (broad SMARTS) is 1. The lowest BCUT2D eigenvalue weighted by Crippen LogP contribution is -2.36. The van der Waals surface area contributed by atoms with Crippen LogP contribution in [-0.2, 0) is 31.2 Å². The number of aromatic nitrogens is 3. The molecule has 2 aromatic rings. The highest BCUT2D eigenvalue weighted by atomic mass is 16.4. The highest BCUT2D eigenvalue weighted by Crippen LogP contribution is 2.20. The molecule has 0 saturated carbocycles. The molecule has 7 heteroatoms. The van der Waals surface area contributed by atoms with Crippen molar-refractivity contribution < 1.29 is 9.90 Å². The predicted molar refractivity (Wildman–Crippen MR) is 123 cm³/mol. The molecular formula is C24H37N5O2. The van der Waals surface area contributed by atoms with Crippen LogP contribution in [0.15, 0.2) is 12.1 Å². The number of aliphatic carboxylic acids is 1. The smallest absolute Gasteiger partial charge is 0.320 e. The van der Waals surface area contributed by atoms with Crippen molar-refractivity contribution in [3.63, 3.8) is 0 Å². The van der Waals surface area contributed by atoms with Gasteiger partial charge in [-0.1, -0.05) is 31.7 Å². The molecule has 0 aliphatic carbocycles. The first kappa shape index (κ1) is 23.3. The van der Waals surface area contributed by atoms with Crippen molar-refractivity contribution in [2.24, 2.45) is 7.05 Å². The van der Waals surface area contributed by atoms with E-state index in [1.54, 1.807) is 0 Å². The minimum atomic E-state index is -0.772. The zero-order valence-electron chi connectivity index (χ0n) is 19.2. The summed E-state index contributed by atoms with van der Waals surface area (Å²) in [6.07, 6.45) is 9.40. The first-order valence-corrected chi connectivity index (χ1v) is 11.6. The van der Waals surface area contributed by atoms with Crippen molar-refractivity contribution in [2.75, 3.05) is 11.9 Å². The number of nitrogens with one attached hydrogen (secondary N) is 2. The summed E-state index contributed by atoms with van der Waals surface area (Å²) < 4.78 is 1.85. The second-order valence-corrected chi connectivity index (χ2v) is 8.69. The Hall–Kier alpha value is -2.41. The summed E-state index contributed by atoms with van der Waals surface area (Å²) in [7, 11) is 1.92. The number of rotatable bonds is 12. The van der Waals surface area contributed by atoms with Gasteiger partial charge in [0.1, 0.15) is 11.9 Å². The van der Waals surface area contributed by atoms with Gasteiger partial charge in [0, 0.05) is 37.1 Å². The SMILES string of the molecule is Cc1nn(C)c(C)c1CN[C@@H](CCCCCCCc1ccc2c(n1)NCCC2)C(=O)O. The van der Waals surface area contributed by atoms with Gasteiger partial charge in [0.05, 0.1) is 5.69 Å². The molecule has 1 aliphatic heterocycles. The van der Waals surface area contributed by atoms with Crippen LogP contribution in [0.2, 0.25) is 0 Å². The standard InChI is InChI=1S/C24H37N5O2/c1-17-21(18(2)29(3)28-17)16-26-22(24(30)31)12-8-6-4-5-7-11-20-14-13-19-10-9-15-25-23(19)27-20/h13-14,22,26H,4-12,15-16H2,1-3H3,(H,25,27)(H,30,31)/t22-/m0/s1. The van der Waals surface area contributed by atoms with Gasteiger partial charge in [-0.2, -0.15) is 5.10 Å². The maximum atomic E-state index is 11.6. The van der Waals surface area contributed by atoms with E-state index in [1.165, 1.54) is 17.7 Å². The predicted octanol–water partition coefficient (Wildman–Crippen LogP) is 3.92. The van der Waals surface area contributed by atoms with Crippen LogP contribution in [0.25, 0.3) is 0 Å². The Labute approximate surface area is 185 Å². The molecule has 0 aromatic carbocycles. The fourth-order valence-corrected chi connectivity index (χ4v) is 4.30. The van der Waals surface area contributed by atoms with Gasteiger partial charge >= 0.3 is 5.97 Å². The third kappa shape index (κ3) is 6.53. The monoisotopic (exact) mass is 427 g/mol. The van der Waals surface area contributed by atoms with E-state index < -0.39 is 12.0 Å². The maximum absolute atomic E-state index is 11.6. The maximum Gasteiger partial charge on any atom is 0.320 e. The second-order valence-electron chi connectivity index (χ2n) is 8.69. The Kier molecular flexibility index (Phi) is 8.46. The van der Waals surface area contributed by atoms with Crippen molar-refractivity contribution in [2.45, 2.75) is 84.2 Å². The first-order chi connectivity index (χ1) is 15.0. The van der Waals surface area contributed by atoms with E-state index in [2.05, 4.69) is 27.9 Å². The van der Waals surface area contributed by atoms with Crippen molar-refractivity contribution >= 4 is 11.8 Å². The molecule has 0 fully saturated rings. The fourth-order valence-electron chi connectivity index (χ4n) is 4.30. The molecule has 0 radical (unpaired) electrons. The van der Waals surface area contributed by atoms with Gasteiger partial charge in [-0.05, 0) is 57.6 Å². The third-order valence-corrected chi connectivity index (χ3v) is 6.36. The van der Waals surface area contributed by atoms with E-state index in [4.69, 9.17) is 4.98 Å². The zero-order valence-corrected chi connectivity index (χ0v) is 19.2. The van der Waals surface area contributed by atoms with Crippen LogP contribution in [0.3, 0.4) is 0 Å². The topological polar surface area (TPSA) is 92.1 Å². The van der Waals surface area contributed by atoms with E-state index in [0.717, 1.165) is 74.3 Å². The molecule has 0 amide bonds. The van der Waals surface area contributed by atoms with E-state index in [0.29, 0.717) is 13.0 Å². The Morgan fingerprint density at radius 2 is 2.00 bits per heavy atom. The molecule has 2 aromatic heterocycles. The van der Waals surface area contributed by atoms with Gasteiger partial charge in [-0.3, -0.25) is 9.48 Å². The number of carbonyl (C=O) groups is 1. The third-order valence-electron chi connectivity index (χ3n) is 6.36. The van der Waals surface area contributed by atoms with Crippen LogP contribution >= 0.6 is 0 Å². The Bertz CT molecular complexity index is 877. The molecule has 3 N–H and O–H groups in total.